The molecule has 0 spiro atoms. The Morgan fingerprint density at radius 3 is 2.74 bits per heavy atom. The number of benzene rings is 1. The zero-order chi connectivity index (χ0) is 13.2. The second-order valence-corrected chi connectivity index (χ2v) is 5.40. The lowest BCUT2D eigenvalue weighted by atomic mass is 10.0. The van der Waals surface area contributed by atoms with Crippen molar-refractivity contribution in [3.63, 3.8) is 0 Å². The van der Waals surface area contributed by atoms with E-state index in [0.29, 0.717) is 25.7 Å². The maximum atomic E-state index is 12.6. The molecule has 1 aliphatic heterocycles. The first kappa shape index (κ1) is 12.6. The van der Waals surface area contributed by atoms with Gasteiger partial charge in [0.25, 0.3) is 0 Å². The van der Waals surface area contributed by atoms with Gasteiger partial charge in [-0.25, -0.2) is 0 Å². The molecule has 0 unspecified atom stereocenters. The first-order chi connectivity index (χ1) is 9.27. The van der Waals surface area contributed by atoms with Crippen LogP contribution in [0.25, 0.3) is 0 Å². The summed E-state index contributed by atoms with van der Waals surface area (Å²) in [6.07, 6.45) is 2.41. The Hall–Kier alpha value is -1.39. The minimum atomic E-state index is -0.555. The van der Waals surface area contributed by atoms with Crippen molar-refractivity contribution in [3.05, 3.63) is 35.9 Å². The van der Waals surface area contributed by atoms with Crippen molar-refractivity contribution in [2.45, 2.75) is 24.9 Å². The number of carbonyl (C=O) groups excluding carboxylic acids is 1. The number of nitrogens with two attached hydrogens (primary N) is 1. The smallest absolute Gasteiger partial charge is 0.244 e. The second kappa shape index (κ2) is 5.31. The zero-order valence-corrected chi connectivity index (χ0v) is 11.0. The first-order valence-corrected chi connectivity index (χ1v) is 6.96. The molecule has 0 radical (unpaired) electrons. The van der Waals surface area contributed by atoms with Gasteiger partial charge in [-0.3, -0.25) is 4.79 Å². The van der Waals surface area contributed by atoms with Crippen molar-refractivity contribution >= 4 is 5.91 Å². The van der Waals surface area contributed by atoms with E-state index in [1.54, 1.807) is 0 Å². The highest BCUT2D eigenvalue weighted by Gasteiger charge is 2.40. The largest absolute Gasteiger partial charge is 0.377 e. The van der Waals surface area contributed by atoms with E-state index in [0.717, 1.165) is 5.56 Å². The summed E-state index contributed by atoms with van der Waals surface area (Å²) >= 11 is 0. The van der Waals surface area contributed by atoms with Crippen molar-refractivity contribution in [2.75, 3.05) is 19.8 Å². The van der Waals surface area contributed by atoms with E-state index in [9.17, 15) is 4.79 Å². The summed E-state index contributed by atoms with van der Waals surface area (Å²) in [4.78, 5) is 14.5. The highest BCUT2D eigenvalue weighted by atomic mass is 16.5. The van der Waals surface area contributed by atoms with Gasteiger partial charge in [0.15, 0.2) is 0 Å². The fraction of sp³-hybridized carbons (Fsp3) is 0.533. The molecule has 1 saturated heterocycles. The van der Waals surface area contributed by atoms with Gasteiger partial charge in [-0.05, 0) is 24.3 Å². The SMILES string of the molecule is N[C@H](C(=O)N1CCOC[C@@H]1C1CC1)c1ccccc1. The maximum Gasteiger partial charge on any atom is 0.244 e. The predicted octanol–water partition coefficient (Wildman–Crippen LogP) is 1.32. The number of rotatable bonds is 3. The topological polar surface area (TPSA) is 55.6 Å². The molecule has 1 amide bonds. The summed E-state index contributed by atoms with van der Waals surface area (Å²) < 4.78 is 5.51. The molecule has 19 heavy (non-hydrogen) atoms. The molecule has 2 fully saturated rings. The van der Waals surface area contributed by atoms with E-state index >= 15 is 0 Å². The Kier molecular flexibility index (Phi) is 3.53. The van der Waals surface area contributed by atoms with Crippen LogP contribution in [0.2, 0.25) is 0 Å². The van der Waals surface area contributed by atoms with Crippen LogP contribution in [0.15, 0.2) is 30.3 Å². The molecule has 2 N–H and O–H groups in total. The predicted molar refractivity (Wildman–Crippen MR) is 72.4 cm³/mol. The molecule has 3 rings (SSSR count). The van der Waals surface area contributed by atoms with Crippen molar-refractivity contribution in [2.24, 2.45) is 11.7 Å². The third-order valence-corrected chi connectivity index (χ3v) is 4.04. The van der Waals surface area contributed by atoms with E-state index in [1.165, 1.54) is 12.8 Å². The van der Waals surface area contributed by atoms with Crippen LogP contribution in [0, 0.1) is 5.92 Å². The Balaban J connectivity index is 1.74. The van der Waals surface area contributed by atoms with Crippen LogP contribution >= 0.6 is 0 Å². The van der Waals surface area contributed by atoms with Crippen LogP contribution in [-0.4, -0.2) is 36.6 Å². The lowest BCUT2D eigenvalue weighted by Crippen LogP contribution is -2.52. The van der Waals surface area contributed by atoms with E-state index in [2.05, 4.69) is 0 Å². The zero-order valence-electron chi connectivity index (χ0n) is 11.0. The van der Waals surface area contributed by atoms with Crippen LogP contribution in [-0.2, 0) is 9.53 Å². The van der Waals surface area contributed by atoms with Crippen LogP contribution in [0.5, 0.6) is 0 Å². The van der Waals surface area contributed by atoms with Gasteiger partial charge >= 0.3 is 0 Å². The minimum absolute atomic E-state index is 0.0337. The summed E-state index contributed by atoms with van der Waals surface area (Å²) in [6, 6.07) is 9.27. The molecule has 1 aromatic rings. The summed E-state index contributed by atoms with van der Waals surface area (Å²) in [7, 11) is 0. The van der Waals surface area contributed by atoms with Crippen molar-refractivity contribution in [1.29, 1.82) is 0 Å². The maximum absolute atomic E-state index is 12.6. The molecule has 1 aromatic carbocycles. The Labute approximate surface area is 113 Å². The van der Waals surface area contributed by atoms with Gasteiger partial charge in [0.05, 0.1) is 19.3 Å². The molecule has 0 aromatic heterocycles. The molecule has 4 nitrogen and oxygen atoms in total. The van der Waals surface area contributed by atoms with E-state index in [-0.39, 0.29) is 11.9 Å². The van der Waals surface area contributed by atoms with Crippen molar-refractivity contribution in [3.8, 4) is 0 Å². The molecule has 2 aliphatic rings. The third kappa shape index (κ3) is 2.65. The molecule has 4 heteroatoms. The molecule has 1 heterocycles. The number of morpholine rings is 1. The first-order valence-electron chi connectivity index (χ1n) is 6.96. The van der Waals surface area contributed by atoms with Gasteiger partial charge < -0.3 is 15.4 Å². The molecule has 2 atom stereocenters. The molecule has 1 aliphatic carbocycles. The van der Waals surface area contributed by atoms with Crippen LogP contribution in [0.1, 0.15) is 24.4 Å². The highest BCUT2D eigenvalue weighted by molar-refractivity contribution is 5.83. The number of hydrogen-bond acceptors (Lipinski definition) is 3. The van der Waals surface area contributed by atoms with Crippen molar-refractivity contribution < 1.29 is 9.53 Å². The van der Waals surface area contributed by atoms with Gasteiger partial charge in [0.2, 0.25) is 5.91 Å². The van der Waals surface area contributed by atoms with Crippen molar-refractivity contribution in [1.82, 2.24) is 4.90 Å². The number of carbonyl (C=O) groups is 1. The van der Waals surface area contributed by atoms with E-state index in [1.807, 2.05) is 35.2 Å². The molecule has 1 saturated carbocycles. The van der Waals surface area contributed by atoms with Crippen LogP contribution in [0.4, 0.5) is 0 Å². The van der Waals surface area contributed by atoms with Crippen LogP contribution < -0.4 is 5.73 Å². The molecular formula is C15H20N2O2. The summed E-state index contributed by atoms with van der Waals surface area (Å²) in [6.45, 7) is 1.95. The Bertz CT molecular complexity index is 445. The van der Waals surface area contributed by atoms with Gasteiger partial charge in [0, 0.05) is 6.54 Å². The second-order valence-electron chi connectivity index (χ2n) is 5.40. The fourth-order valence-electron chi connectivity index (χ4n) is 2.75. The number of nitrogens with zero attached hydrogens (tertiary/aromatic N) is 1. The van der Waals surface area contributed by atoms with Gasteiger partial charge in [-0.2, -0.15) is 0 Å². The lowest BCUT2D eigenvalue weighted by molar-refractivity contribution is -0.142. The summed E-state index contributed by atoms with van der Waals surface area (Å²) in [5.41, 5.74) is 7.00. The quantitative estimate of drug-likeness (QED) is 0.892. The van der Waals surface area contributed by atoms with E-state index in [4.69, 9.17) is 10.5 Å². The summed E-state index contributed by atoms with van der Waals surface area (Å²) in [5, 5.41) is 0. The minimum Gasteiger partial charge on any atom is -0.377 e. The molecule has 102 valence electrons. The Morgan fingerprint density at radius 1 is 1.32 bits per heavy atom. The summed E-state index contributed by atoms with van der Waals surface area (Å²) in [5.74, 6) is 0.652. The number of hydrogen-bond donors (Lipinski definition) is 1. The molecular weight excluding hydrogens is 240 g/mol. The Morgan fingerprint density at radius 2 is 2.05 bits per heavy atom. The lowest BCUT2D eigenvalue weighted by Gasteiger charge is -2.37. The standard InChI is InChI=1S/C15H20N2O2/c16-14(12-4-2-1-3-5-12)15(18)17-8-9-19-10-13(17)11-6-7-11/h1-5,11,13-14H,6-10,16H2/t13-,14+/m1/s1. The van der Waals surface area contributed by atoms with E-state index < -0.39 is 6.04 Å². The molecule has 0 bridgehead atoms. The van der Waals surface area contributed by atoms with Gasteiger partial charge in [-0.15, -0.1) is 0 Å². The average Bonchev–Trinajstić information content (AvgIpc) is 3.31. The van der Waals surface area contributed by atoms with Gasteiger partial charge in [0.1, 0.15) is 6.04 Å². The monoisotopic (exact) mass is 260 g/mol. The average molecular weight is 260 g/mol. The fourth-order valence-corrected chi connectivity index (χ4v) is 2.75. The number of ether oxygens (including phenoxy) is 1. The third-order valence-electron chi connectivity index (χ3n) is 4.04. The normalized spacial score (nSPS) is 25.1. The number of amides is 1. The van der Waals surface area contributed by atoms with Crippen LogP contribution in [0.3, 0.4) is 0 Å². The van der Waals surface area contributed by atoms with Gasteiger partial charge in [-0.1, -0.05) is 30.3 Å². The highest BCUT2D eigenvalue weighted by Crippen LogP contribution is 2.37.